The van der Waals surface area contributed by atoms with Gasteiger partial charge in [-0.15, -0.1) is 0 Å². The number of carbonyl (C=O) groups is 2. The van der Waals surface area contributed by atoms with Gasteiger partial charge >= 0.3 is 5.97 Å². The second-order valence-corrected chi connectivity index (χ2v) is 19.3. The van der Waals surface area contributed by atoms with E-state index in [1.54, 1.807) is 6.08 Å². The molecule has 0 bridgehead atoms. The van der Waals surface area contributed by atoms with E-state index in [1.807, 2.05) is 6.08 Å². The van der Waals surface area contributed by atoms with E-state index in [-0.39, 0.29) is 18.5 Å². The predicted octanol–water partition coefficient (Wildman–Crippen LogP) is 17.1. The topological polar surface area (TPSA) is 95.9 Å². The normalized spacial score (nSPS) is 12.8. The molecule has 6 heteroatoms. The van der Waals surface area contributed by atoms with Gasteiger partial charge in [-0.1, -0.05) is 256 Å². The van der Waals surface area contributed by atoms with Crippen LogP contribution in [0.2, 0.25) is 0 Å². The summed E-state index contributed by atoms with van der Waals surface area (Å²) in [6.45, 7) is 4.87. The minimum atomic E-state index is -0.843. The van der Waals surface area contributed by atoms with Crippen LogP contribution in [0.15, 0.2) is 24.3 Å². The van der Waals surface area contributed by atoms with Crippen LogP contribution in [0.5, 0.6) is 0 Å². The van der Waals surface area contributed by atoms with Crippen molar-refractivity contribution in [2.75, 3.05) is 13.2 Å². The summed E-state index contributed by atoms with van der Waals surface area (Å²) >= 11 is 0. The fraction of sp³-hybridized carbons (Fsp3) is 0.895. The van der Waals surface area contributed by atoms with Crippen LogP contribution in [0.3, 0.4) is 0 Å². The zero-order valence-electron chi connectivity index (χ0n) is 42.3. The number of amides is 1. The highest BCUT2D eigenvalue weighted by atomic mass is 16.5. The van der Waals surface area contributed by atoms with Gasteiger partial charge in [0.25, 0.3) is 0 Å². The largest absolute Gasteiger partial charge is 0.466 e. The molecule has 0 aliphatic heterocycles. The third-order valence-corrected chi connectivity index (χ3v) is 13.0. The zero-order valence-corrected chi connectivity index (χ0v) is 42.3. The lowest BCUT2D eigenvalue weighted by Gasteiger charge is -2.20. The van der Waals surface area contributed by atoms with E-state index < -0.39 is 12.1 Å². The molecule has 1 amide bonds. The molecular weight excluding hydrogens is 779 g/mol. The number of ether oxygens (including phenoxy) is 1. The quantitative estimate of drug-likeness (QED) is 0.0321. The van der Waals surface area contributed by atoms with Crippen molar-refractivity contribution in [3.05, 3.63) is 24.3 Å². The Morgan fingerprint density at radius 2 is 0.746 bits per heavy atom. The minimum absolute atomic E-state index is 0.00240. The highest BCUT2D eigenvalue weighted by Crippen LogP contribution is 2.17. The second kappa shape index (κ2) is 53.0. The van der Waals surface area contributed by atoms with Crippen molar-refractivity contribution in [2.45, 2.75) is 315 Å². The van der Waals surface area contributed by atoms with Crippen LogP contribution in [0.25, 0.3) is 0 Å². The van der Waals surface area contributed by atoms with Crippen LogP contribution in [0, 0.1) is 0 Å². The van der Waals surface area contributed by atoms with Gasteiger partial charge in [-0.3, -0.25) is 9.59 Å². The predicted molar refractivity (Wildman–Crippen MR) is 273 cm³/mol. The summed E-state index contributed by atoms with van der Waals surface area (Å²) in [5, 5.41) is 23.0. The van der Waals surface area contributed by atoms with Gasteiger partial charge in [0, 0.05) is 12.8 Å². The number of hydrogen-bond acceptors (Lipinski definition) is 5. The van der Waals surface area contributed by atoms with Gasteiger partial charge in [-0.05, 0) is 57.8 Å². The molecule has 372 valence electrons. The van der Waals surface area contributed by atoms with E-state index >= 15 is 0 Å². The molecule has 0 aromatic heterocycles. The van der Waals surface area contributed by atoms with E-state index in [9.17, 15) is 19.8 Å². The summed E-state index contributed by atoms with van der Waals surface area (Å²) in [6, 6.07) is -0.626. The summed E-state index contributed by atoms with van der Waals surface area (Å²) in [6.07, 6.45) is 63.4. The number of aliphatic hydroxyl groups excluding tert-OH is 2. The lowest BCUT2D eigenvalue weighted by Crippen LogP contribution is -2.45. The Morgan fingerprint density at radius 1 is 0.429 bits per heavy atom. The smallest absolute Gasteiger partial charge is 0.305 e. The van der Waals surface area contributed by atoms with Crippen LogP contribution in [0.1, 0.15) is 303 Å². The summed E-state index contributed by atoms with van der Waals surface area (Å²) in [5.41, 5.74) is 0. The van der Waals surface area contributed by atoms with Crippen molar-refractivity contribution in [2.24, 2.45) is 0 Å². The monoisotopic (exact) mass is 888 g/mol. The number of hydrogen-bond donors (Lipinski definition) is 3. The van der Waals surface area contributed by atoms with E-state index in [0.717, 1.165) is 44.9 Å². The molecular formula is C57H109NO5. The van der Waals surface area contributed by atoms with Gasteiger partial charge in [0.15, 0.2) is 0 Å². The first-order valence-corrected chi connectivity index (χ1v) is 28.1. The Hall–Kier alpha value is -1.66. The van der Waals surface area contributed by atoms with Crippen molar-refractivity contribution >= 4 is 11.9 Å². The Labute approximate surface area is 392 Å². The van der Waals surface area contributed by atoms with Gasteiger partial charge in [-0.25, -0.2) is 0 Å². The molecule has 0 spiro atoms. The van der Waals surface area contributed by atoms with Crippen LogP contribution in [-0.2, 0) is 14.3 Å². The Morgan fingerprint density at radius 3 is 1.16 bits per heavy atom. The molecule has 63 heavy (non-hydrogen) atoms. The van der Waals surface area contributed by atoms with Gasteiger partial charge in [0.05, 0.1) is 25.4 Å². The average Bonchev–Trinajstić information content (AvgIpc) is 3.28. The van der Waals surface area contributed by atoms with Crippen LogP contribution < -0.4 is 5.32 Å². The average molecular weight is 889 g/mol. The SMILES string of the molecule is CCCCC/C=C\CCCCCCCC(=O)OCCCCCCCCCCCCCCCCCCCCCCCCC(=O)NC(CO)C(O)/C=C/CCCCCCCCCCCC. The molecule has 0 radical (unpaired) electrons. The second-order valence-electron chi connectivity index (χ2n) is 19.3. The number of carbonyl (C=O) groups excluding carboxylic acids is 2. The molecule has 0 saturated carbocycles. The molecule has 0 aromatic carbocycles. The molecule has 0 aliphatic carbocycles. The maximum atomic E-state index is 12.4. The molecule has 2 unspecified atom stereocenters. The first kappa shape index (κ1) is 61.3. The van der Waals surface area contributed by atoms with E-state index in [2.05, 4.69) is 31.3 Å². The molecule has 0 rings (SSSR count). The summed E-state index contributed by atoms with van der Waals surface area (Å²) in [4.78, 5) is 24.4. The standard InChI is InChI=1S/C57H109NO5/c1-3-5-7-9-11-13-15-29-33-37-41-45-49-55(60)54(53-59)58-56(61)50-46-42-38-34-30-27-25-23-21-19-17-18-20-22-24-26-28-32-36-40-44-48-52-63-57(62)51-47-43-39-35-31-16-14-12-10-8-6-4-2/h12,14,45,49,54-55,59-60H,3-11,13,15-44,46-48,50-53H2,1-2H3,(H,58,61)/b14-12-,49-45+. The van der Waals surface area contributed by atoms with Crippen LogP contribution in [0.4, 0.5) is 0 Å². The number of nitrogens with one attached hydrogen (secondary N) is 1. The van der Waals surface area contributed by atoms with E-state index in [4.69, 9.17) is 4.74 Å². The fourth-order valence-corrected chi connectivity index (χ4v) is 8.63. The number of unbranched alkanes of at least 4 members (excludes halogenated alkanes) is 39. The Kier molecular flexibility index (Phi) is 51.6. The minimum Gasteiger partial charge on any atom is -0.466 e. The van der Waals surface area contributed by atoms with Crippen molar-refractivity contribution < 1.29 is 24.5 Å². The zero-order chi connectivity index (χ0) is 45.8. The van der Waals surface area contributed by atoms with Crippen molar-refractivity contribution in [3.8, 4) is 0 Å². The van der Waals surface area contributed by atoms with Crippen molar-refractivity contribution in [1.29, 1.82) is 0 Å². The molecule has 0 aromatic rings. The molecule has 3 N–H and O–H groups in total. The maximum Gasteiger partial charge on any atom is 0.305 e. The maximum absolute atomic E-state index is 12.4. The number of aliphatic hydroxyl groups is 2. The third-order valence-electron chi connectivity index (χ3n) is 13.0. The molecule has 0 aliphatic rings. The number of esters is 1. The van der Waals surface area contributed by atoms with E-state index in [1.165, 1.54) is 231 Å². The molecule has 0 saturated heterocycles. The lowest BCUT2D eigenvalue weighted by atomic mass is 10.0. The van der Waals surface area contributed by atoms with Gasteiger partial charge in [0.2, 0.25) is 5.91 Å². The lowest BCUT2D eigenvalue weighted by molar-refractivity contribution is -0.143. The molecule has 0 heterocycles. The highest BCUT2D eigenvalue weighted by molar-refractivity contribution is 5.76. The molecule has 2 atom stereocenters. The highest BCUT2D eigenvalue weighted by Gasteiger charge is 2.18. The Bertz CT molecular complexity index is 982. The summed E-state index contributed by atoms with van der Waals surface area (Å²) in [5.74, 6) is -0.0661. The summed E-state index contributed by atoms with van der Waals surface area (Å²) < 4.78 is 5.46. The molecule has 0 fully saturated rings. The first-order valence-electron chi connectivity index (χ1n) is 28.1. The van der Waals surface area contributed by atoms with Crippen molar-refractivity contribution in [3.63, 3.8) is 0 Å². The number of allylic oxidation sites excluding steroid dienone is 3. The van der Waals surface area contributed by atoms with Gasteiger partial charge in [0.1, 0.15) is 0 Å². The third kappa shape index (κ3) is 49.6. The fourth-order valence-electron chi connectivity index (χ4n) is 8.63. The number of rotatable bonds is 52. The van der Waals surface area contributed by atoms with Gasteiger partial charge < -0.3 is 20.3 Å². The van der Waals surface area contributed by atoms with Gasteiger partial charge in [-0.2, -0.15) is 0 Å². The summed E-state index contributed by atoms with van der Waals surface area (Å²) in [7, 11) is 0. The first-order chi connectivity index (χ1) is 31.0. The van der Waals surface area contributed by atoms with E-state index in [0.29, 0.717) is 19.4 Å². The van der Waals surface area contributed by atoms with Crippen LogP contribution >= 0.6 is 0 Å². The molecule has 6 nitrogen and oxygen atoms in total. The van der Waals surface area contributed by atoms with Crippen LogP contribution in [-0.4, -0.2) is 47.4 Å². The Balaban J connectivity index is 3.39. The van der Waals surface area contributed by atoms with Crippen molar-refractivity contribution in [1.82, 2.24) is 5.32 Å².